The van der Waals surface area contributed by atoms with Gasteiger partial charge < -0.3 is 21.3 Å². The molecule has 1 aliphatic rings. The Kier molecular flexibility index (Phi) is 9.78. The maximum Gasteiger partial charge on any atom is 0.240 e. The number of carbonyl (C=O) groups excluding carboxylic acids is 2. The first-order chi connectivity index (χ1) is 20.1. The van der Waals surface area contributed by atoms with Gasteiger partial charge in [-0.1, -0.05) is 97.4 Å². The van der Waals surface area contributed by atoms with Crippen LogP contribution in [0.2, 0.25) is 0 Å². The van der Waals surface area contributed by atoms with Gasteiger partial charge in [0.1, 0.15) is 0 Å². The van der Waals surface area contributed by atoms with Crippen molar-refractivity contribution in [2.24, 2.45) is 5.73 Å². The summed E-state index contributed by atoms with van der Waals surface area (Å²) < 4.78 is 0. The largest absolute Gasteiger partial charge is 0.354 e. The van der Waals surface area contributed by atoms with E-state index in [4.69, 9.17) is 5.73 Å². The van der Waals surface area contributed by atoms with E-state index in [1.165, 1.54) is 10.8 Å². The van der Waals surface area contributed by atoms with Crippen LogP contribution in [-0.2, 0) is 22.6 Å². The predicted octanol–water partition coefficient (Wildman–Crippen LogP) is 5.05. The average molecular weight is 549 g/mol. The third kappa shape index (κ3) is 7.81. The topological polar surface area (TPSA) is 87.5 Å². The second-order valence-electron chi connectivity index (χ2n) is 11.0. The van der Waals surface area contributed by atoms with Crippen LogP contribution in [0.5, 0.6) is 0 Å². The molecule has 0 aliphatic carbocycles. The zero-order valence-corrected chi connectivity index (χ0v) is 23.6. The number of rotatable bonds is 11. The summed E-state index contributed by atoms with van der Waals surface area (Å²) >= 11 is 0. The molecule has 212 valence electrons. The summed E-state index contributed by atoms with van der Waals surface area (Å²) in [4.78, 5) is 28.4. The summed E-state index contributed by atoms with van der Waals surface area (Å²) in [6.45, 7) is 2.34. The van der Waals surface area contributed by atoms with Gasteiger partial charge in [-0.05, 0) is 64.9 Å². The molecule has 6 heteroatoms. The van der Waals surface area contributed by atoms with Gasteiger partial charge in [0.15, 0.2) is 0 Å². The number of hydrogen-bond donors (Lipinski definition) is 3. The second-order valence-corrected chi connectivity index (χ2v) is 11.0. The van der Waals surface area contributed by atoms with Gasteiger partial charge in [-0.2, -0.15) is 0 Å². The Balaban J connectivity index is 1.19. The van der Waals surface area contributed by atoms with E-state index in [0.717, 1.165) is 47.9 Å². The summed E-state index contributed by atoms with van der Waals surface area (Å²) in [7, 11) is 0. The van der Waals surface area contributed by atoms with Crippen LogP contribution in [0, 0.1) is 0 Å². The Labute approximate surface area is 242 Å². The molecule has 6 nitrogen and oxygen atoms in total. The lowest BCUT2D eigenvalue weighted by Gasteiger charge is -2.25. The van der Waals surface area contributed by atoms with Crippen molar-refractivity contribution in [1.29, 1.82) is 0 Å². The van der Waals surface area contributed by atoms with Gasteiger partial charge in [0.2, 0.25) is 11.8 Å². The summed E-state index contributed by atoms with van der Waals surface area (Å²) in [5.41, 5.74) is 10.1. The lowest BCUT2D eigenvalue weighted by atomic mass is 10.0. The van der Waals surface area contributed by atoms with Crippen LogP contribution in [0.15, 0.2) is 97.1 Å². The molecule has 5 rings (SSSR count). The van der Waals surface area contributed by atoms with Gasteiger partial charge in [-0.15, -0.1) is 0 Å². The molecule has 0 aromatic heterocycles. The SMILES string of the molecule is NCCCC[C@@H]1N[C@@H](CNC(=O)Cc2ccc(-c3ccccc3)cc2)CCN(Cc2ccc3ccccc3c2)C1=O. The molecule has 1 saturated heterocycles. The summed E-state index contributed by atoms with van der Waals surface area (Å²) in [6.07, 6.45) is 3.62. The number of fused-ring (bicyclic) bond motifs is 1. The highest BCUT2D eigenvalue weighted by Crippen LogP contribution is 2.21. The molecular formula is C35H40N4O2. The number of nitrogens with two attached hydrogens (primary N) is 1. The minimum absolute atomic E-state index is 0.0115. The minimum Gasteiger partial charge on any atom is -0.354 e. The predicted molar refractivity (Wildman–Crippen MR) is 166 cm³/mol. The average Bonchev–Trinajstić information content (AvgIpc) is 3.15. The number of nitrogens with one attached hydrogen (secondary N) is 2. The van der Waals surface area contributed by atoms with Crippen LogP contribution in [0.1, 0.15) is 36.8 Å². The van der Waals surface area contributed by atoms with Crippen LogP contribution in [0.25, 0.3) is 21.9 Å². The highest BCUT2D eigenvalue weighted by atomic mass is 16.2. The minimum atomic E-state index is -0.281. The van der Waals surface area contributed by atoms with Crippen LogP contribution in [0.3, 0.4) is 0 Å². The highest BCUT2D eigenvalue weighted by Gasteiger charge is 2.30. The Hall–Kier alpha value is -4.00. The molecule has 0 bridgehead atoms. The standard InChI is InChI=1S/C35H40N4O2/c36-20-7-6-12-33-35(41)39(25-27-15-18-29-10-4-5-11-31(29)22-27)21-19-32(38-33)24-37-34(40)23-26-13-16-30(17-14-26)28-8-2-1-3-9-28/h1-5,8-11,13-18,22,32-33,38H,6-7,12,19-21,23-25,36H2,(H,37,40)/t32-,33+/m1/s1. The zero-order valence-electron chi connectivity index (χ0n) is 23.6. The smallest absolute Gasteiger partial charge is 0.240 e. The Morgan fingerprint density at radius 3 is 2.34 bits per heavy atom. The van der Waals surface area contributed by atoms with Gasteiger partial charge in [0.25, 0.3) is 0 Å². The van der Waals surface area contributed by atoms with Crippen LogP contribution < -0.4 is 16.4 Å². The van der Waals surface area contributed by atoms with Crippen LogP contribution >= 0.6 is 0 Å². The molecule has 1 aliphatic heterocycles. The molecule has 1 heterocycles. The van der Waals surface area contributed by atoms with Gasteiger partial charge in [0, 0.05) is 25.7 Å². The van der Waals surface area contributed by atoms with E-state index in [9.17, 15) is 9.59 Å². The van der Waals surface area contributed by atoms with Gasteiger partial charge in [-0.3, -0.25) is 9.59 Å². The number of hydrogen-bond acceptors (Lipinski definition) is 4. The maximum atomic E-state index is 13.6. The molecule has 2 atom stereocenters. The molecule has 4 N–H and O–H groups in total. The quantitative estimate of drug-likeness (QED) is 0.229. The van der Waals surface area contributed by atoms with E-state index in [1.54, 1.807) is 0 Å². The second kappa shape index (κ2) is 14.1. The van der Waals surface area contributed by atoms with E-state index in [-0.39, 0.29) is 23.9 Å². The van der Waals surface area contributed by atoms with Gasteiger partial charge in [-0.25, -0.2) is 0 Å². The van der Waals surface area contributed by atoms with E-state index < -0.39 is 0 Å². The highest BCUT2D eigenvalue weighted by molar-refractivity contribution is 5.84. The first kappa shape index (κ1) is 28.5. The normalized spacial score (nSPS) is 17.4. The van der Waals surface area contributed by atoms with Crippen LogP contribution in [-0.4, -0.2) is 48.4 Å². The number of unbranched alkanes of at least 4 members (excludes halogenated alkanes) is 1. The van der Waals surface area contributed by atoms with E-state index >= 15 is 0 Å². The lowest BCUT2D eigenvalue weighted by Crippen LogP contribution is -2.48. The third-order valence-corrected chi connectivity index (χ3v) is 7.90. The molecule has 0 saturated carbocycles. The first-order valence-corrected chi connectivity index (χ1v) is 14.7. The Bertz CT molecular complexity index is 1440. The number of amides is 2. The molecule has 2 amide bonds. The fourth-order valence-electron chi connectivity index (χ4n) is 5.59. The van der Waals surface area contributed by atoms with Crippen molar-refractivity contribution in [3.05, 3.63) is 108 Å². The van der Waals surface area contributed by atoms with Crippen molar-refractivity contribution in [2.45, 2.75) is 50.7 Å². The molecule has 4 aromatic carbocycles. The van der Waals surface area contributed by atoms with E-state index in [1.807, 2.05) is 47.4 Å². The van der Waals surface area contributed by atoms with E-state index in [0.29, 0.717) is 32.6 Å². The molecule has 4 aromatic rings. The molecule has 41 heavy (non-hydrogen) atoms. The monoisotopic (exact) mass is 548 g/mol. The van der Waals surface area contributed by atoms with Crippen molar-refractivity contribution >= 4 is 22.6 Å². The van der Waals surface area contributed by atoms with Gasteiger partial charge >= 0.3 is 0 Å². The zero-order chi connectivity index (χ0) is 28.4. The summed E-state index contributed by atoms with van der Waals surface area (Å²) in [5, 5.41) is 9.06. The van der Waals surface area contributed by atoms with Crippen LogP contribution in [0.4, 0.5) is 0 Å². The molecular weight excluding hydrogens is 508 g/mol. The number of nitrogens with zero attached hydrogens (tertiary/aromatic N) is 1. The van der Waals surface area contributed by atoms with Crippen molar-refractivity contribution in [2.75, 3.05) is 19.6 Å². The molecule has 0 spiro atoms. The summed E-state index contributed by atoms with van der Waals surface area (Å²) in [5.74, 6) is 0.116. The number of benzene rings is 4. The molecule has 1 fully saturated rings. The fourth-order valence-corrected chi connectivity index (χ4v) is 5.59. The van der Waals surface area contributed by atoms with Crippen molar-refractivity contribution in [3.63, 3.8) is 0 Å². The maximum absolute atomic E-state index is 13.6. The third-order valence-electron chi connectivity index (χ3n) is 7.90. The van der Waals surface area contributed by atoms with Crippen molar-refractivity contribution in [1.82, 2.24) is 15.5 Å². The number of carbonyl (C=O) groups is 2. The fraction of sp³-hybridized carbons (Fsp3) is 0.314. The lowest BCUT2D eigenvalue weighted by molar-refractivity contribution is -0.133. The molecule has 0 radical (unpaired) electrons. The van der Waals surface area contributed by atoms with Crippen molar-refractivity contribution < 1.29 is 9.59 Å². The van der Waals surface area contributed by atoms with E-state index in [2.05, 4.69) is 65.2 Å². The molecule has 0 unspecified atom stereocenters. The Morgan fingerprint density at radius 1 is 0.854 bits per heavy atom. The van der Waals surface area contributed by atoms with Gasteiger partial charge in [0.05, 0.1) is 12.5 Å². The summed E-state index contributed by atoms with van der Waals surface area (Å²) in [6, 6.07) is 32.8. The van der Waals surface area contributed by atoms with Crippen molar-refractivity contribution in [3.8, 4) is 11.1 Å². The Morgan fingerprint density at radius 2 is 1.56 bits per heavy atom. The first-order valence-electron chi connectivity index (χ1n) is 14.7.